The van der Waals surface area contributed by atoms with E-state index in [2.05, 4.69) is 37.9 Å². The topological polar surface area (TPSA) is 35.5 Å². The quantitative estimate of drug-likeness (QED) is 0.584. The lowest BCUT2D eigenvalue weighted by Gasteiger charge is -2.35. The van der Waals surface area contributed by atoms with Crippen LogP contribution in [0.4, 0.5) is 0 Å². The van der Waals surface area contributed by atoms with E-state index in [1.165, 1.54) is 19.3 Å². The molecule has 104 valence electrons. The molecule has 0 spiro atoms. The molecule has 3 heteroatoms. The first-order valence-electron chi connectivity index (χ1n) is 7.15. The zero-order chi connectivity index (χ0) is 13.1. The molecular formula is C14H32N2O. The van der Waals surface area contributed by atoms with Crippen molar-refractivity contribution < 1.29 is 5.11 Å². The number of nitrogens with one attached hydrogen (secondary N) is 1. The maximum absolute atomic E-state index is 9.12. The molecule has 0 fully saturated rings. The molecule has 0 amide bonds. The van der Waals surface area contributed by atoms with E-state index in [0.29, 0.717) is 5.41 Å². The molecule has 0 aliphatic heterocycles. The first kappa shape index (κ1) is 16.9. The van der Waals surface area contributed by atoms with E-state index in [1.807, 2.05) is 0 Å². The predicted molar refractivity (Wildman–Crippen MR) is 75.4 cm³/mol. The van der Waals surface area contributed by atoms with Crippen LogP contribution in [0.15, 0.2) is 0 Å². The average Bonchev–Trinajstić information content (AvgIpc) is 2.34. The summed E-state index contributed by atoms with van der Waals surface area (Å²) in [7, 11) is 0. The Kier molecular flexibility index (Phi) is 9.79. The van der Waals surface area contributed by atoms with Crippen molar-refractivity contribution in [3.63, 3.8) is 0 Å². The number of aliphatic hydroxyl groups excluding tert-OH is 1. The Hall–Kier alpha value is -0.120. The normalized spacial score (nSPS) is 15.2. The van der Waals surface area contributed by atoms with Gasteiger partial charge in [0.15, 0.2) is 0 Å². The van der Waals surface area contributed by atoms with Crippen LogP contribution < -0.4 is 5.32 Å². The molecule has 0 bridgehead atoms. The largest absolute Gasteiger partial charge is 0.395 e. The van der Waals surface area contributed by atoms with Gasteiger partial charge in [-0.05, 0) is 31.3 Å². The van der Waals surface area contributed by atoms with Gasteiger partial charge in [0.1, 0.15) is 0 Å². The Bertz CT molecular complexity index is 176. The Morgan fingerprint density at radius 2 is 1.88 bits per heavy atom. The van der Waals surface area contributed by atoms with E-state index in [1.54, 1.807) is 0 Å². The number of unbranched alkanes of at least 4 members (excludes halogenated alkanes) is 1. The third-order valence-corrected chi connectivity index (χ3v) is 3.50. The van der Waals surface area contributed by atoms with Gasteiger partial charge in [0.05, 0.1) is 6.61 Å². The molecule has 0 aromatic carbocycles. The van der Waals surface area contributed by atoms with Crippen molar-refractivity contribution in [2.24, 2.45) is 5.41 Å². The fraction of sp³-hybridized carbons (Fsp3) is 1.00. The van der Waals surface area contributed by atoms with Crippen LogP contribution in [0, 0.1) is 5.41 Å². The third-order valence-electron chi connectivity index (χ3n) is 3.50. The zero-order valence-electron chi connectivity index (χ0n) is 12.3. The minimum Gasteiger partial charge on any atom is -0.395 e. The van der Waals surface area contributed by atoms with Crippen molar-refractivity contribution in [2.45, 2.75) is 47.0 Å². The van der Waals surface area contributed by atoms with Crippen molar-refractivity contribution >= 4 is 0 Å². The molecule has 0 rings (SSSR count). The number of rotatable bonds is 11. The van der Waals surface area contributed by atoms with Crippen LogP contribution in [0.25, 0.3) is 0 Å². The van der Waals surface area contributed by atoms with Crippen molar-refractivity contribution in [2.75, 3.05) is 39.3 Å². The van der Waals surface area contributed by atoms with Crippen LogP contribution in [-0.4, -0.2) is 49.3 Å². The summed E-state index contributed by atoms with van der Waals surface area (Å²) in [6.07, 6.45) is 3.62. The molecule has 3 nitrogen and oxygen atoms in total. The molecule has 0 aliphatic carbocycles. The Balaban J connectivity index is 4.24. The number of nitrogens with zero attached hydrogens (tertiary/aromatic N) is 1. The van der Waals surface area contributed by atoms with Gasteiger partial charge in [-0.15, -0.1) is 0 Å². The van der Waals surface area contributed by atoms with E-state index in [4.69, 9.17) is 5.11 Å². The Morgan fingerprint density at radius 1 is 1.18 bits per heavy atom. The second-order valence-corrected chi connectivity index (χ2v) is 5.30. The van der Waals surface area contributed by atoms with Crippen molar-refractivity contribution in [1.29, 1.82) is 0 Å². The van der Waals surface area contributed by atoms with Crippen LogP contribution in [-0.2, 0) is 0 Å². The number of hydrogen-bond donors (Lipinski definition) is 2. The van der Waals surface area contributed by atoms with Crippen LogP contribution in [0.1, 0.15) is 47.0 Å². The van der Waals surface area contributed by atoms with E-state index >= 15 is 0 Å². The van der Waals surface area contributed by atoms with Gasteiger partial charge in [0.25, 0.3) is 0 Å². The van der Waals surface area contributed by atoms with Gasteiger partial charge in [0.2, 0.25) is 0 Å². The summed E-state index contributed by atoms with van der Waals surface area (Å²) in [5.74, 6) is 0. The molecule has 0 saturated carbocycles. The smallest absolute Gasteiger partial charge is 0.0558 e. The van der Waals surface area contributed by atoms with Gasteiger partial charge < -0.3 is 15.3 Å². The molecular weight excluding hydrogens is 212 g/mol. The van der Waals surface area contributed by atoms with Gasteiger partial charge in [-0.2, -0.15) is 0 Å². The van der Waals surface area contributed by atoms with Crippen LogP contribution in [0.5, 0.6) is 0 Å². The summed E-state index contributed by atoms with van der Waals surface area (Å²) in [4.78, 5) is 2.41. The van der Waals surface area contributed by atoms with E-state index in [0.717, 1.165) is 32.7 Å². The SMILES string of the molecule is CCCCN(CCO)CC(C)(CC)CNCC. The second-order valence-electron chi connectivity index (χ2n) is 5.30. The van der Waals surface area contributed by atoms with Crippen LogP contribution in [0.2, 0.25) is 0 Å². The van der Waals surface area contributed by atoms with Gasteiger partial charge in [-0.1, -0.05) is 34.1 Å². The highest BCUT2D eigenvalue weighted by Crippen LogP contribution is 2.21. The molecule has 1 unspecified atom stereocenters. The molecule has 0 radical (unpaired) electrons. The maximum Gasteiger partial charge on any atom is 0.0558 e. The maximum atomic E-state index is 9.12. The van der Waals surface area contributed by atoms with Crippen molar-refractivity contribution in [3.8, 4) is 0 Å². The Morgan fingerprint density at radius 3 is 2.35 bits per heavy atom. The third kappa shape index (κ3) is 7.74. The summed E-state index contributed by atoms with van der Waals surface area (Å²) in [6, 6.07) is 0. The van der Waals surface area contributed by atoms with Crippen molar-refractivity contribution in [3.05, 3.63) is 0 Å². The highest BCUT2D eigenvalue weighted by atomic mass is 16.3. The predicted octanol–water partition coefficient (Wildman–Crippen LogP) is 2.11. The van der Waals surface area contributed by atoms with E-state index in [-0.39, 0.29) is 6.61 Å². The van der Waals surface area contributed by atoms with Gasteiger partial charge in [-0.3, -0.25) is 0 Å². The first-order chi connectivity index (χ1) is 8.11. The molecule has 17 heavy (non-hydrogen) atoms. The fourth-order valence-corrected chi connectivity index (χ4v) is 2.05. The minimum atomic E-state index is 0.269. The summed E-state index contributed by atoms with van der Waals surface area (Å²) in [5.41, 5.74) is 0.318. The van der Waals surface area contributed by atoms with E-state index in [9.17, 15) is 0 Å². The summed E-state index contributed by atoms with van der Waals surface area (Å²) < 4.78 is 0. The standard InChI is InChI=1S/C14H32N2O/c1-5-8-9-16(10-11-17)13-14(4,6-2)12-15-7-3/h15,17H,5-13H2,1-4H3. The van der Waals surface area contributed by atoms with Crippen LogP contribution in [0.3, 0.4) is 0 Å². The summed E-state index contributed by atoms with van der Waals surface area (Å²) in [5, 5.41) is 12.6. The minimum absolute atomic E-state index is 0.269. The molecule has 0 aliphatic rings. The lowest BCUT2D eigenvalue weighted by Crippen LogP contribution is -2.43. The summed E-state index contributed by atoms with van der Waals surface area (Å²) >= 11 is 0. The molecule has 1 atom stereocenters. The highest BCUT2D eigenvalue weighted by molar-refractivity contribution is 4.79. The first-order valence-corrected chi connectivity index (χ1v) is 7.15. The van der Waals surface area contributed by atoms with Gasteiger partial charge in [0, 0.05) is 19.6 Å². The fourth-order valence-electron chi connectivity index (χ4n) is 2.05. The Labute approximate surface area is 108 Å². The molecule has 2 N–H and O–H groups in total. The van der Waals surface area contributed by atoms with Gasteiger partial charge >= 0.3 is 0 Å². The molecule has 0 saturated heterocycles. The zero-order valence-corrected chi connectivity index (χ0v) is 12.3. The number of aliphatic hydroxyl groups is 1. The molecule has 0 aromatic rings. The van der Waals surface area contributed by atoms with Crippen molar-refractivity contribution in [1.82, 2.24) is 10.2 Å². The second kappa shape index (κ2) is 9.86. The van der Waals surface area contributed by atoms with Crippen LogP contribution >= 0.6 is 0 Å². The molecule has 0 heterocycles. The monoisotopic (exact) mass is 244 g/mol. The van der Waals surface area contributed by atoms with E-state index < -0.39 is 0 Å². The van der Waals surface area contributed by atoms with Gasteiger partial charge in [-0.25, -0.2) is 0 Å². The number of hydrogen-bond acceptors (Lipinski definition) is 3. The average molecular weight is 244 g/mol. The molecule has 0 aromatic heterocycles. The lowest BCUT2D eigenvalue weighted by molar-refractivity contribution is 0.128. The summed E-state index contributed by atoms with van der Waals surface area (Å²) in [6.45, 7) is 14.3. The highest BCUT2D eigenvalue weighted by Gasteiger charge is 2.24. The lowest BCUT2D eigenvalue weighted by atomic mass is 9.86.